The van der Waals surface area contributed by atoms with Crippen LogP contribution in [0, 0.1) is 3.57 Å². The Morgan fingerprint density at radius 3 is 2.50 bits per heavy atom. The summed E-state index contributed by atoms with van der Waals surface area (Å²) in [6.45, 7) is 1.76. The molecule has 3 heteroatoms. The van der Waals surface area contributed by atoms with E-state index in [-0.39, 0.29) is 6.10 Å². The summed E-state index contributed by atoms with van der Waals surface area (Å²) in [5.74, 6) is 1.68. The van der Waals surface area contributed by atoms with E-state index < -0.39 is 0 Å². The van der Waals surface area contributed by atoms with E-state index in [4.69, 9.17) is 4.42 Å². The molecule has 1 atom stereocenters. The monoisotopic (exact) mass is 328 g/mol. The zero-order valence-electron chi connectivity index (χ0n) is 8.98. The van der Waals surface area contributed by atoms with Gasteiger partial charge in [-0.05, 0) is 53.8 Å². The van der Waals surface area contributed by atoms with Crippen molar-refractivity contribution in [2.24, 2.45) is 0 Å². The normalized spacial score (nSPS) is 12.7. The van der Waals surface area contributed by atoms with Crippen LogP contribution in [0.1, 0.15) is 12.7 Å². The molecule has 0 amide bonds. The number of hydrogen-bond acceptors (Lipinski definition) is 2. The second kappa shape index (κ2) is 5.01. The molecular formula is C13H13IO2. The highest BCUT2D eigenvalue weighted by Crippen LogP contribution is 2.23. The number of rotatable bonds is 3. The zero-order chi connectivity index (χ0) is 11.5. The summed E-state index contributed by atoms with van der Waals surface area (Å²) in [7, 11) is 0. The standard InChI is InChI=1S/C13H13IO2/c1-9(15)8-12-6-7-13(16-12)10-2-4-11(14)5-3-10/h2-7,9,15H,8H2,1H3. The maximum atomic E-state index is 9.26. The fraction of sp³-hybridized carbons (Fsp3) is 0.231. The van der Waals surface area contributed by atoms with E-state index in [1.54, 1.807) is 6.92 Å². The van der Waals surface area contributed by atoms with Gasteiger partial charge >= 0.3 is 0 Å². The van der Waals surface area contributed by atoms with Gasteiger partial charge < -0.3 is 9.52 Å². The van der Waals surface area contributed by atoms with Crippen molar-refractivity contribution in [3.63, 3.8) is 0 Å². The fourth-order valence-electron chi connectivity index (χ4n) is 1.55. The number of aliphatic hydroxyl groups excluding tert-OH is 1. The molecule has 0 spiro atoms. The summed E-state index contributed by atoms with van der Waals surface area (Å²) in [6.07, 6.45) is 0.195. The molecule has 0 aliphatic rings. The first-order valence-corrected chi connectivity index (χ1v) is 6.26. The van der Waals surface area contributed by atoms with Gasteiger partial charge in [0.1, 0.15) is 11.5 Å². The molecule has 1 aromatic carbocycles. The third-order valence-electron chi connectivity index (χ3n) is 2.29. The van der Waals surface area contributed by atoms with Gasteiger partial charge in [-0.25, -0.2) is 0 Å². The van der Waals surface area contributed by atoms with Gasteiger partial charge in [0.25, 0.3) is 0 Å². The molecule has 1 aromatic heterocycles. The van der Waals surface area contributed by atoms with Gasteiger partial charge in [-0.3, -0.25) is 0 Å². The van der Waals surface area contributed by atoms with E-state index in [2.05, 4.69) is 22.6 Å². The topological polar surface area (TPSA) is 33.4 Å². The van der Waals surface area contributed by atoms with Crippen LogP contribution in [-0.4, -0.2) is 11.2 Å². The fourth-order valence-corrected chi connectivity index (χ4v) is 1.91. The third kappa shape index (κ3) is 2.86. The Morgan fingerprint density at radius 1 is 1.19 bits per heavy atom. The second-order valence-electron chi connectivity index (χ2n) is 3.83. The van der Waals surface area contributed by atoms with E-state index in [0.29, 0.717) is 6.42 Å². The molecule has 0 aliphatic heterocycles. The van der Waals surface area contributed by atoms with Gasteiger partial charge in [0.2, 0.25) is 0 Å². The van der Waals surface area contributed by atoms with Gasteiger partial charge in [0.05, 0.1) is 6.10 Å². The van der Waals surface area contributed by atoms with Crippen molar-refractivity contribution in [1.82, 2.24) is 0 Å². The van der Waals surface area contributed by atoms with Crippen molar-refractivity contribution in [2.45, 2.75) is 19.4 Å². The summed E-state index contributed by atoms with van der Waals surface area (Å²) < 4.78 is 6.86. The first-order chi connectivity index (χ1) is 7.65. The minimum Gasteiger partial charge on any atom is -0.461 e. The molecule has 1 heterocycles. The highest BCUT2D eigenvalue weighted by Gasteiger charge is 2.06. The summed E-state index contributed by atoms with van der Waals surface area (Å²) in [5.41, 5.74) is 1.07. The van der Waals surface area contributed by atoms with Gasteiger partial charge in [-0.15, -0.1) is 0 Å². The Labute approximate surface area is 108 Å². The van der Waals surface area contributed by atoms with Gasteiger partial charge in [-0.1, -0.05) is 12.1 Å². The Bertz CT molecular complexity index is 457. The quantitative estimate of drug-likeness (QED) is 0.875. The Morgan fingerprint density at radius 2 is 1.88 bits per heavy atom. The molecule has 2 nitrogen and oxygen atoms in total. The van der Waals surface area contributed by atoms with Crippen molar-refractivity contribution >= 4 is 22.6 Å². The third-order valence-corrected chi connectivity index (χ3v) is 3.01. The van der Waals surface area contributed by atoms with E-state index in [1.807, 2.05) is 36.4 Å². The second-order valence-corrected chi connectivity index (χ2v) is 5.07. The lowest BCUT2D eigenvalue weighted by Gasteiger charge is -2.00. The van der Waals surface area contributed by atoms with Gasteiger partial charge in [0, 0.05) is 15.6 Å². The number of halogens is 1. The van der Waals surface area contributed by atoms with Crippen molar-refractivity contribution < 1.29 is 9.52 Å². The lowest BCUT2D eigenvalue weighted by atomic mass is 10.2. The molecular weight excluding hydrogens is 315 g/mol. The molecule has 0 bridgehead atoms. The van der Waals surface area contributed by atoms with Crippen LogP contribution in [0.3, 0.4) is 0 Å². The van der Waals surface area contributed by atoms with E-state index in [0.717, 1.165) is 17.1 Å². The number of furan rings is 1. The summed E-state index contributed by atoms with van der Waals surface area (Å²) in [4.78, 5) is 0. The smallest absolute Gasteiger partial charge is 0.134 e. The van der Waals surface area contributed by atoms with Crippen LogP contribution in [0.25, 0.3) is 11.3 Å². The lowest BCUT2D eigenvalue weighted by Crippen LogP contribution is -2.02. The average Bonchev–Trinajstić information content (AvgIpc) is 2.66. The zero-order valence-corrected chi connectivity index (χ0v) is 11.1. The Kier molecular flexibility index (Phi) is 3.66. The predicted molar refractivity (Wildman–Crippen MR) is 72.2 cm³/mol. The van der Waals surface area contributed by atoms with Crippen LogP contribution < -0.4 is 0 Å². The summed E-state index contributed by atoms with van der Waals surface area (Å²) in [5, 5.41) is 9.26. The van der Waals surface area contributed by atoms with Crippen LogP contribution >= 0.6 is 22.6 Å². The number of aliphatic hydroxyl groups is 1. The van der Waals surface area contributed by atoms with Crippen molar-refractivity contribution in [1.29, 1.82) is 0 Å². The van der Waals surface area contributed by atoms with E-state index in [9.17, 15) is 5.11 Å². The molecule has 0 fully saturated rings. The molecule has 16 heavy (non-hydrogen) atoms. The van der Waals surface area contributed by atoms with Gasteiger partial charge in [-0.2, -0.15) is 0 Å². The van der Waals surface area contributed by atoms with Crippen LogP contribution in [-0.2, 0) is 6.42 Å². The van der Waals surface area contributed by atoms with Crippen LogP contribution in [0.15, 0.2) is 40.8 Å². The predicted octanol–water partition coefficient (Wildman–Crippen LogP) is 3.47. The first kappa shape index (κ1) is 11.7. The number of hydrogen-bond donors (Lipinski definition) is 1. The lowest BCUT2D eigenvalue weighted by molar-refractivity contribution is 0.187. The molecule has 0 saturated heterocycles. The first-order valence-electron chi connectivity index (χ1n) is 5.18. The van der Waals surface area contributed by atoms with Crippen molar-refractivity contribution in [3.05, 3.63) is 45.7 Å². The highest BCUT2D eigenvalue weighted by atomic mass is 127. The maximum Gasteiger partial charge on any atom is 0.134 e. The largest absolute Gasteiger partial charge is 0.461 e. The molecule has 0 radical (unpaired) electrons. The van der Waals surface area contributed by atoms with Crippen molar-refractivity contribution in [2.75, 3.05) is 0 Å². The van der Waals surface area contributed by atoms with Gasteiger partial charge in [0.15, 0.2) is 0 Å². The molecule has 1 unspecified atom stereocenters. The van der Waals surface area contributed by atoms with Crippen LogP contribution in [0.4, 0.5) is 0 Å². The molecule has 0 saturated carbocycles. The van der Waals surface area contributed by atoms with Crippen LogP contribution in [0.5, 0.6) is 0 Å². The minimum absolute atomic E-state index is 0.365. The minimum atomic E-state index is -0.365. The maximum absolute atomic E-state index is 9.26. The van der Waals surface area contributed by atoms with E-state index >= 15 is 0 Å². The average molecular weight is 328 g/mol. The molecule has 0 aliphatic carbocycles. The SMILES string of the molecule is CC(O)Cc1ccc(-c2ccc(I)cc2)o1. The van der Waals surface area contributed by atoms with E-state index in [1.165, 1.54) is 3.57 Å². The molecule has 2 aromatic rings. The molecule has 84 valence electrons. The Hall–Kier alpha value is -0.810. The highest BCUT2D eigenvalue weighted by molar-refractivity contribution is 14.1. The summed E-state index contributed by atoms with van der Waals surface area (Å²) >= 11 is 2.27. The molecule has 2 rings (SSSR count). The van der Waals surface area contributed by atoms with Crippen molar-refractivity contribution in [3.8, 4) is 11.3 Å². The number of benzene rings is 1. The Balaban J connectivity index is 2.21. The van der Waals surface area contributed by atoms with Crippen LogP contribution in [0.2, 0.25) is 0 Å². The molecule has 1 N–H and O–H groups in total. The summed E-state index contributed by atoms with van der Waals surface area (Å²) in [6, 6.07) is 12.0.